The molecule has 1 amide bonds. The van der Waals surface area contributed by atoms with Gasteiger partial charge in [-0.25, -0.2) is 0 Å². The first-order chi connectivity index (χ1) is 8.74. The lowest BCUT2D eigenvalue weighted by atomic mass is 9.72. The van der Waals surface area contributed by atoms with Crippen LogP contribution in [0.25, 0.3) is 0 Å². The Balaban J connectivity index is 1.82. The highest BCUT2D eigenvalue weighted by Gasteiger charge is 2.36. The summed E-state index contributed by atoms with van der Waals surface area (Å²) in [6.45, 7) is 2.43. The van der Waals surface area contributed by atoms with Crippen LogP contribution in [0.4, 0.5) is 0 Å². The Bertz CT molecular complexity index is 458. The van der Waals surface area contributed by atoms with E-state index in [9.17, 15) is 4.79 Å². The van der Waals surface area contributed by atoms with E-state index in [4.69, 9.17) is 4.74 Å². The first-order valence-corrected chi connectivity index (χ1v) is 6.73. The number of nitrogens with one attached hydrogen (secondary N) is 1. The molecule has 3 rings (SSSR count). The van der Waals surface area contributed by atoms with Crippen LogP contribution in [0.5, 0.6) is 5.75 Å². The van der Waals surface area contributed by atoms with Gasteiger partial charge in [0.15, 0.2) is 0 Å². The van der Waals surface area contributed by atoms with Crippen molar-refractivity contribution in [1.82, 2.24) is 5.32 Å². The molecule has 2 aliphatic rings. The molecule has 0 radical (unpaired) electrons. The fraction of sp³-hybridized carbons (Fsp3) is 0.533. The van der Waals surface area contributed by atoms with Crippen LogP contribution in [0.15, 0.2) is 24.3 Å². The Morgan fingerprint density at radius 1 is 1.33 bits per heavy atom. The highest BCUT2D eigenvalue weighted by molar-refractivity contribution is 5.73. The minimum absolute atomic E-state index is 0.0822. The summed E-state index contributed by atoms with van der Waals surface area (Å²) in [6, 6.07) is 8.64. The van der Waals surface area contributed by atoms with Crippen LogP contribution in [0.2, 0.25) is 0 Å². The molecule has 3 heteroatoms. The van der Waals surface area contributed by atoms with E-state index >= 15 is 0 Å². The quantitative estimate of drug-likeness (QED) is 0.825. The molecule has 1 aromatic carbocycles. The van der Waals surface area contributed by atoms with Crippen LogP contribution in [0.1, 0.15) is 37.7 Å². The molecule has 1 aliphatic heterocycles. The molecular weight excluding hydrogens is 226 g/mol. The zero-order valence-electron chi connectivity index (χ0n) is 10.7. The zero-order chi connectivity index (χ0) is 12.5. The third kappa shape index (κ3) is 2.09. The van der Waals surface area contributed by atoms with Gasteiger partial charge in [0, 0.05) is 18.9 Å². The Labute approximate surface area is 108 Å². The molecule has 0 spiro atoms. The molecular formula is C15H19NO2. The lowest BCUT2D eigenvalue weighted by molar-refractivity contribution is -0.120. The Hall–Kier alpha value is -1.51. The van der Waals surface area contributed by atoms with Crippen molar-refractivity contribution in [2.24, 2.45) is 5.92 Å². The number of rotatable bonds is 1. The predicted octanol–water partition coefficient (Wildman–Crippen LogP) is 2.47. The largest absolute Gasteiger partial charge is 0.493 e. The first kappa shape index (κ1) is 11.6. The van der Waals surface area contributed by atoms with Gasteiger partial charge in [-0.2, -0.15) is 0 Å². The summed E-state index contributed by atoms with van der Waals surface area (Å²) in [7, 11) is 0. The molecule has 1 saturated carbocycles. The van der Waals surface area contributed by atoms with Gasteiger partial charge in [-0.15, -0.1) is 0 Å². The average Bonchev–Trinajstić information content (AvgIpc) is 2.38. The Morgan fingerprint density at radius 3 is 3.00 bits per heavy atom. The highest BCUT2D eigenvalue weighted by atomic mass is 16.5. The number of benzene rings is 1. The van der Waals surface area contributed by atoms with Gasteiger partial charge in [-0.05, 0) is 36.8 Å². The second-order valence-electron chi connectivity index (χ2n) is 5.43. The van der Waals surface area contributed by atoms with E-state index in [-0.39, 0.29) is 5.91 Å². The summed E-state index contributed by atoms with van der Waals surface area (Å²) in [5, 5.41) is 3.07. The van der Waals surface area contributed by atoms with E-state index in [1.54, 1.807) is 6.92 Å². The number of carbonyl (C=O) groups is 1. The van der Waals surface area contributed by atoms with Crippen molar-refractivity contribution in [2.75, 3.05) is 6.61 Å². The summed E-state index contributed by atoms with van der Waals surface area (Å²) < 4.78 is 5.82. The van der Waals surface area contributed by atoms with Gasteiger partial charge in [0.1, 0.15) is 5.75 Å². The molecule has 3 unspecified atom stereocenters. The molecule has 96 valence electrons. The van der Waals surface area contributed by atoms with Crippen LogP contribution >= 0.6 is 0 Å². The summed E-state index contributed by atoms with van der Waals surface area (Å²) in [4.78, 5) is 11.2. The van der Waals surface area contributed by atoms with Gasteiger partial charge in [0.25, 0.3) is 0 Å². The van der Waals surface area contributed by atoms with Gasteiger partial charge < -0.3 is 10.1 Å². The van der Waals surface area contributed by atoms with Crippen LogP contribution in [0.3, 0.4) is 0 Å². The fourth-order valence-corrected chi connectivity index (χ4v) is 3.35. The molecule has 1 N–H and O–H groups in total. The second-order valence-corrected chi connectivity index (χ2v) is 5.43. The molecule has 1 heterocycles. The monoisotopic (exact) mass is 245 g/mol. The molecule has 18 heavy (non-hydrogen) atoms. The third-order valence-corrected chi connectivity index (χ3v) is 4.17. The Morgan fingerprint density at radius 2 is 2.17 bits per heavy atom. The van der Waals surface area contributed by atoms with Crippen molar-refractivity contribution in [3.05, 3.63) is 29.8 Å². The number of hydrogen-bond acceptors (Lipinski definition) is 2. The van der Waals surface area contributed by atoms with Crippen molar-refractivity contribution in [1.29, 1.82) is 0 Å². The van der Waals surface area contributed by atoms with E-state index in [2.05, 4.69) is 17.4 Å². The average molecular weight is 245 g/mol. The molecule has 1 fully saturated rings. The normalized spacial score (nSPS) is 29.7. The van der Waals surface area contributed by atoms with Crippen molar-refractivity contribution < 1.29 is 9.53 Å². The SMILES string of the molecule is CC(=O)NC1CCC2COc3ccccc3C2C1. The maximum atomic E-state index is 11.2. The minimum Gasteiger partial charge on any atom is -0.493 e. The van der Waals surface area contributed by atoms with Crippen LogP contribution < -0.4 is 10.1 Å². The lowest BCUT2D eigenvalue weighted by Crippen LogP contribution is -2.41. The topological polar surface area (TPSA) is 38.3 Å². The van der Waals surface area contributed by atoms with E-state index in [0.29, 0.717) is 17.9 Å². The molecule has 0 saturated heterocycles. The van der Waals surface area contributed by atoms with Crippen molar-refractivity contribution in [3.63, 3.8) is 0 Å². The van der Waals surface area contributed by atoms with E-state index < -0.39 is 0 Å². The summed E-state index contributed by atoms with van der Waals surface area (Å²) in [5.74, 6) is 2.27. The number of carbonyl (C=O) groups excluding carboxylic acids is 1. The van der Waals surface area contributed by atoms with Crippen LogP contribution in [-0.2, 0) is 4.79 Å². The van der Waals surface area contributed by atoms with Crippen molar-refractivity contribution in [3.8, 4) is 5.75 Å². The maximum absolute atomic E-state index is 11.2. The number of amides is 1. The number of hydrogen-bond donors (Lipinski definition) is 1. The minimum atomic E-state index is 0.0822. The lowest BCUT2D eigenvalue weighted by Gasteiger charge is -2.40. The molecule has 0 bridgehead atoms. The second kappa shape index (κ2) is 4.63. The fourth-order valence-electron chi connectivity index (χ4n) is 3.35. The maximum Gasteiger partial charge on any atom is 0.217 e. The smallest absolute Gasteiger partial charge is 0.217 e. The number of para-hydroxylation sites is 1. The molecule has 1 aromatic rings. The van der Waals surface area contributed by atoms with Crippen LogP contribution in [-0.4, -0.2) is 18.6 Å². The number of ether oxygens (including phenoxy) is 1. The predicted molar refractivity (Wildman–Crippen MR) is 69.6 cm³/mol. The standard InChI is InChI=1S/C15H19NO2/c1-10(17)16-12-7-6-11-9-18-15-5-3-2-4-13(15)14(11)8-12/h2-5,11-12,14H,6-9H2,1H3,(H,16,17). The van der Waals surface area contributed by atoms with E-state index in [0.717, 1.165) is 31.6 Å². The van der Waals surface area contributed by atoms with Gasteiger partial charge in [-0.1, -0.05) is 18.2 Å². The molecule has 1 aliphatic carbocycles. The first-order valence-electron chi connectivity index (χ1n) is 6.73. The highest BCUT2D eigenvalue weighted by Crippen LogP contribution is 2.44. The van der Waals surface area contributed by atoms with Crippen molar-refractivity contribution >= 4 is 5.91 Å². The number of fused-ring (bicyclic) bond motifs is 3. The van der Waals surface area contributed by atoms with Gasteiger partial charge in [0.2, 0.25) is 5.91 Å². The van der Waals surface area contributed by atoms with E-state index in [1.807, 2.05) is 12.1 Å². The van der Waals surface area contributed by atoms with E-state index in [1.165, 1.54) is 5.56 Å². The summed E-state index contributed by atoms with van der Waals surface area (Å²) in [5.41, 5.74) is 1.32. The molecule has 0 aromatic heterocycles. The third-order valence-electron chi connectivity index (χ3n) is 4.17. The molecule has 3 atom stereocenters. The summed E-state index contributed by atoms with van der Waals surface area (Å²) in [6.07, 6.45) is 3.26. The Kier molecular flexibility index (Phi) is 2.98. The van der Waals surface area contributed by atoms with Crippen molar-refractivity contribution in [2.45, 2.75) is 38.1 Å². The van der Waals surface area contributed by atoms with Gasteiger partial charge >= 0.3 is 0 Å². The summed E-state index contributed by atoms with van der Waals surface area (Å²) >= 11 is 0. The van der Waals surface area contributed by atoms with Gasteiger partial charge in [-0.3, -0.25) is 4.79 Å². The van der Waals surface area contributed by atoms with Crippen LogP contribution in [0, 0.1) is 5.92 Å². The molecule has 3 nitrogen and oxygen atoms in total. The van der Waals surface area contributed by atoms with Gasteiger partial charge in [0.05, 0.1) is 6.61 Å². The zero-order valence-corrected chi connectivity index (χ0v) is 10.7.